The highest BCUT2D eigenvalue weighted by molar-refractivity contribution is 6.31. The molecule has 36 heavy (non-hydrogen) atoms. The number of hydrogen-bond donors (Lipinski definition) is 1. The predicted octanol–water partition coefficient (Wildman–Crippen LogP) is 4.48. The number of carbonyl (C=O) groups is 2. The van der Waals surface area contributed by atoms with Crippen LogP contribution in [0.3, 0.4) is 0 Å². The molecule has 2 atom stereocenters. The van der Waals surface area contributed by atoms with Gasteiger partial charge in [0.2, 0.25) is 5.91 Å². The third kappa shape index (κ3) is 4.90. The number of aryl methyl sites for hydroxylation is 2. The molecule has 188 valence electrons. The third-order valence-corrected chi connectivity index (χ3v) is 7.87. The molecule has 3 heterocycles. The molecule has 2 aromatic carbocycles. The number of fused-ring (bicyclic) bond motifs is 1. The van der Waals surface area contributed by atoms with Gasteiger partial charge in [-0.3, -0.25) is 9.59 Å². The monoisotopic (exact) mass is 505 g/mol. The molecule has 2 saturated heterocycles. The lowest BCUT2D eigenvalue weighted by molar-refractivity contribution is -0.116. The number of amides is 2. The van der Waals surface area contributed by atoms with Crippen molar-refractivity contribution >= 4 is 29.1 Å². The van der Waals surface area contributed by atoms with Gasteiger partial charge in [0.05, 0.1) is 22.6 Å². The fourth-order valence-corrected chi connectivity index (χ4v) is 5.70. The molecular formula is C28H32ClN5O2. The molecule has 7 nitrogen and oxygen atoms in total. The number of hydrogen-bond acceptors (Lipinski definition) is 4. The van der Waals surface area contributed by atoms with E-state index in [9.17, 15) is 9.59 Å². The third-order valence-electron chi connectivity index (χ3n) is 7.47. The van der Waals surface area contributed by atoms with Crippen molar-refractivity contribution in [2.45, 2.75) is 27.2 Å². The average molecular weight is 506 g/mol. The van der Waals surface area contributed by atoms with E-state index in [1.165, 1.54) is 0 Å². The van der Waals surface area contributed by atoms with Gasteiger partial charge >= 0.3 is 0 Å². The van der Waals surface area contributed by atoms with Crippen LogP contribution in [0.2, 0.25) is 5.02 Å². The quantitative estimate of drug-likeness (QED) is 0.536. The summed E-state index contributed by atoms with van der Waals surface area (Å²) in [5.74, 6) is 0.949. The lowest BCUT2D eigenvalue weighted by Gasteiger charge is -2.21. The topological polar surface area (TPSA) is 70.5 Å². The van der Waals surface area contributed by atoms with E-state index in [1.807, 2.05) is 72.8 Å². The van der Waals surface area contributed by atoms with Gasteiger partial charge in [-0.25, -0.2) is 4.68 Å². The zero-order valence-corrected chi connectivity index (χ0v) is 21.8. The van der Waals surface area contributed by atoms with Gasteiger partial charge in [-0.2, -0.15) is 5.10 Å². The van der Waals surface area contributed by atoms with E-state index in [4.69, 9.17) is 11.6 Å². The smallest absolute Gasteiger partial charge is 0.257 e. The molecule has 3 aromatic rings. The first-order valence-corrected chi connectivity index (χ1v) is 12.9. The van der Waals surface area contributed by atoms with Crippen molar-refractivity contribution in [2.24, 2.45) is 11.8 Å². The molecule has 0 bridgehead atoms. The molecule has 2 aliphatic heterocycles. The summed E-state index contributed by atoms with van der Waals surface area (Å²) in [6.45, 7) is 9.87. The minimum absolute atomic E-state index is 0.00911. The van der Waals surface area contributed by atoms with Gasteiger partial charge in [-0.15, -0.1) is 0 Å². The second-order valence-corrected chi connectivity index (χ2v) is 10.5. The maximum absolute atomic E-state index is 13.5. The molecule has 0 saturated carbocycles. The van der Waals surface area contributed by atoms with Crippen LogP contribution in [-0.4, -0.2) is 64.1 Å². The minimum Gasteiger partial charge on any atom is -0.338 e. The van der Waals surface area contributed by atoms with E-state index in [-0.39, 0.29) is 11.8 Å². The Morgan fingerprint density at radius 1 is 1.00 bits per heavy atom. The Labute approximate surface area is 217 Å². The first kappa shape index (κ1) is 24.5. The van der Waals surface area contributed by atoms with Crippen molar-refractivity contribution in [3.05, 3.63) is 76.1 Å². The highest BCUT2D eigenvalue weighted by Gasteiger charge is 2.42. The summed E-state index contributed by atoms with van der Waals surface area (Å²) in [5, 5.41) is 8.24. The number of nitrogens with one attached hydrogen (secondary N) is 1. The van der Waals surface area contributed by atoms with E-state index >= 15 is 0 Å². The van der Waals surface area contributed by atoms with E-state index in [2.05, 4.69) is 15.3 Å². The van der Waals surface area contributed by atoms with E-state index in [0.717, 1.165) is 54.5 Å². The van der Waals surface area contributed by atoms with Gasteiger partial charge in [-0.1, -0.05) is 35.9 Å². The lowest BCUT2D eigenvalue weighted by Crippen LogP contribution is -2.34. The number of rotatable bonds is 6. The van der Waals surface area contributed by atoms with Crippen LogP contribution in [0.4, 0.5) is 5.69 Å². The second kappa shape index (κ2) is 10.1. The summed E-state index contributed by atoms with van der Waals surface area (Å²) >= 11 is 6.16. The summed E-state index contributed by atoms with van der Waals surface area (Å²) in [6.07, 6.45) is 0.435. The zero-order valence-electron chi connectivity index (χ0n) is 21.0. The fourth-order valence-electron chi connectivity index (χ4n) is 5.52. The van der Waals surface area contributed by atoms with Crippen molar-refractivity contribution in [1.29, 1.82) is 0 Å². The maximum Gasteiger partial charge on any atom is 0.257 e. The lowest BCUT2D eigenvalue weighted by atomic mass is 10.0. The summed E-state index contributed by atoms with van der Waals surface area (Å²) in [5.41, 5.74) is 5.03. The van der Waals surface area contributed by atoms with Crippen LogP contribution in [0.15, 0.2) is 48.5 Å². The largest absolute Gasteiger partial charge is 0.338 e. The van der Waals surface area contributed by atoms with Crippen molar-refractivity contribution in [3.63, 3.8) is 0 Å². The molecule has 0 radical (unpaired) electrons. The Kier molecular flexibility index (Phi) is 6.86. The molecule has 5 rings (SSSR count). The second-order valence-electron chi connectivity index (χ2n) is 10.0. The maximum atomic E-state index is 13.5. The molecule has 1 aromatic heterocycles. The standard InChI is InChI=1S/C28H32ClN5O2/c1-18-9-10-23(13-25(18)29)30-26(35)11-12-32-14-21-16-33(17-22(21)15-32)28(36)27-19(2)31-34(20(27)3)24-7-5-4-6-8-24/h4-10,13,21-22H,11-12,14-17H2,1-3H3,(H,30,35). The van der Waals surface area contributed by atoms with Crippen molar-refractivity contribution in [2.75, 3.05) is 38.0 Å². The minimum atomic E-state index is -0.00911. The number of likely N-dealkylation sites (tertiary alicyclic amines) is 2. The Balaban J connectivity index is 1.15. The van der Waals surface area contributed by atoms with Crippen molar-refractivity contribution in [1.82, 2.24) is 19.6 Å². The van der Waals surface area contributed by atoms with E-state index < -0.39 is 0 Å². The van der Waals surface area contributed by atoms with Crippen molar-refractivity contribution < 1.29 is 9.59 Å². The molecule has 0 aliphatic carbocycles. The summed E-state index contributed by atoms with van der Waals surface area (Å²) in [7, 11) is 0. The highest BCUT2D eigenvalue weighted by Crippen LogP contribution is 2.33. The molecule has 2 fully saturated rings. The normalized spacial score (nSPS) is 19.5. The van der Waals surface area contributed by atoms with Crippen molar-refractivity contribution in [3.8, 4) is 5.69 Å². The first-order chi connectivity index (χ1) is 17.3. The molecule has 2 aliphatic rings. The molecular weight excluding hydrogens is 474 g/mol. The van der Waals surface area contributed by atoms with Gasteiger partial charge in [0.15, 0.2) is 0 Å². The van der Waals surface area contributed by atoms with Gasteiger partial charge < -0.3 is 15.1 Å². The summed E-state index contributed by atoms with van der Waals surface area (Å²) < 4.78 is 1.86. The van der Waals surface area contributed by atoms with Crippen LogP contribution in [0.25, 0.3) is 5.69 Å². The zero-order chi connectivity index (χ0) is 25.4. The Morgan fingerprint density at radius 3 is 2.36 bits per heavy atom. The predicted molar refractivity (Wildman–Crippen MR) is 142 cm³/mol. The molecule has 2 amide bonds. The Hall–Kier alpha value is -3.16. The fraction of sp³-hybridized carbons (Fsp3) is 0.393. The van der Waals surface area contributed by atoms with Crippen LogP contribution in [0.1, 0.15) is 33.7 Å². The van der Waals surface area contributed by atoms with E-state index in [1.54, 1.807) is 6.07 Å². The van der Waals surface area contributed by atoms with E-state index in [0.29, 0.717) is 35.4 Å². The number of nitrogens with zero attached hydrogens (tertiary/aromatic N) is 4. The number of anilines is 1. The number of carbonyl (C=O) groups excluding carboxylic acids is 2. The van der Waals surface area contributed by atoms with Crippen LogP contribution >= 0.6 is 11.6 Å². The van der Waals surface area contributed by atoms with Crippen LogP contribution in [0.5, 0.6) is 0 Å². The number of benzene rings is 2. The summed E-state index contributed by atoms with van der Waals surface area (Å²) in [4.78, 5) is 30.3. The molecule has 1 N–H and O–H groups in total. The highest BCUT2D eigenvalue weighted by atomic mass is 35.5. The van der Waals surface area contributed by atoms with Crippen LogP contribution in [-0.2, 0) is 4.79 Å². The number of para-hydroxylation sites is 1. The summed E-state index contributed by atoms with van der Waals surface area (Å²) in [6, 6.07) is 15.5. The van der Waals surface area contributed by atoms with Gasteiger partial charge in [-0.05, 0) is 62.4 Å². The molecule has 2 unspecified atom stereocenters. The van der Waals surface area contributed by atoms with Gasteiger partial charge in [0.1, 0.15) is 0 Å². The first-order valence-electron chi connectivity index (χ1n) is 12.5. The molecule has 8 heteroatoms. The van der Waals surface area contributed by atoms with Crippen LogP contribution < -0.4 is 5.32 Å². The van der Waals surface area contributed by atoms with Gasteiger partial charge in [0.25, 0.3) is 5.91 Å². The average Bonchev–Trinajstić information content (AvgIpc) is 3.51. The number of aromatic nitrogens is 2. The number of halogens is 1. The SMILES string of the molecule is Cc1ccc(NC(=O)CCN2CC3CN(C(=O)c4c(C)nn(-c5ccccc5)c4C)CC3C2)cc1Cl. The van der Waals surface area contributed by atoms with Gasteiger partial charge in [0, 0.05) is 49.9 Å². The Bertz CT molecular complexity index is 1270. The molecule has 0 spiro atoms. The Morgan fingerprint density at radius 2 is 1.69 bits per heavy atom. The van der Waals surface area contributed by atoms with Crippen LogP contribution in [0, 0.1) is 32.6 Å².